The highest BCUT2D eigenvalue weighted by Gasteiger charge is 2.64. The topological polar surface area (TPSA) is 110 Å². The lowest BCUT2D eigenvalue weighted by atomic mass is 9.85. The average Bonchev–Trinajstić information content (AvgIpc) is 3.57. The van der Waals surface area contributed by atoms with E-state index in [9.17, 15) is 24.5 Å². The van der Waals surface area contributed by atoms with Crippen molar-refractivity contribution < 1.29 is 24.0 Å². The number of carbonyl (C=O) groups excluding carboxylic acids is 3. The summed E-state index contributed by atoms with van der Waals surface area (Å²) in [6, 6.07) is 11.7. The normalized spacial score (nSPS) is 28.6. The highest BCUT2D eigenvalue weighted by atomic mass is 16.6. The van der Waals surface area contributed by atoms with E-state index in [0.717, 1.165) is 29.7 Å². The van der Waals surface area contributed by atoms with E-state index in [4.69, 9.17) is 4.74 Å². The van der Waals surface area contributed by atoms with Crippen LogP contribution in [0, 0.1) is 22.0 Å². The van der Waals surface area contributed by atoms with E-state index in [0.29, 0.717) is 6.61 Å². The number of hydrogen-bond acceptors (Lipinski definition) is 7. The molecule has 0 radical (unpaired) electrons. The number of ether oxygens (including phenoxy) is 1. The summed E-state index contributed by atoms with van der Waals surface area (Å²) < 4.78 is 5.69. The summed E-state index contributed by atoms with van der Waals surface area (Å²) in [4.78, 5) is 55.2. The molecule has 0 aromatic heterocycles. The highest BCUT2D eigenvalue weighted by molar-refractivity contribution is 6.14. The van der Waals surface area contributed by atoms with E-state index in [1.807, 2.05) is 42.2 Å². The summed E-state index contributed by atoms with van der Waals surface area (Å²) >= 11 is 0. The number of nitro groups is 1. The van der Waals surface area contributed by atoms with Crippen LogP contribution in [0.4, 0.5) is 11.4 Å². The first-order valence-electron chi connectivity index (χ1n) is 12.2. The standard InChI is InChI=1S/C27H25N3O6/c1-15-13-21-22-23(27(33)28(26(22)32)14-18-5-4-12-36-18)24(29(21)20-7-3-2-6-19(15)20)25(31)16-8-10-17(11-9-16)30(34)35/h2-3,6-11,13,18,21-24H,4-5,12,14H2,1H3/t18-,21+,22+,23-,24+/m0/s1. The second-order valence-electron chi connectivity index (χ2n) is 9.85. The van der Waals surface area contributed by atoms with Gasteiger partial charge in [0.1, 0.15) is 6.04 Å². The summed E-state index contributed by atoms with van der Waals surface area (Å²) in [6.45, 7) is 2.79. The summed E-state index contributed by atoms with van der Waals surface area (Å²) in [5.41, 5.74) is 2.90. The van der Waals surface area contributed by atoms with E-state index >= 15 is 0 Å². The van der Waals surface area contributed by atoms with Crippen LogP contribution in [-0.4, -0.2) is 58.8 Å². The van der Waals surface area contributed by atoms with Gasteiger partial charge in [0, 0.05) is 35.6 Å². The molecule has 2 aromatic carbocycles. The number of para-hydroxylation sites is 1. The number of imide groups is 1. The van der Waals surface area contributed by atoms with E-state index < -0.39 is 28.8 Å². The van der Waals surface area contributed by atoms with Gasteiger partial charge in [0.15, 0.2) is 5.78 Å². The Bertz CT molecular complexity index is 1310. The fourth-order valence-corrected chi connectivity index (χ4v) is 6.25. The SMILES string of the molecule is CC1=C[C@@H]2[C@H]3C(=O)N(C[C@@H]4CCCO4)C(=O)[C@@H]3[C@H](C(=O)c3ccc([N+](=O)[O-])cc3)N2c2ccccc21. The molecular weight excluding hydrogens is 462 g/mol. The number of hydrogen-bond donors (Lipinski definition) is 0. The Morgan fingerprint density at radius 3 is 2.50 bits per heavy atom. The van der Waals surface area contributed by atoms with Crippen molar-refractivity contribution in [2.75, 3.05) is 18.1 Å². The number of fused-ring (bicyclic) bond motifs is 5. The van der Waals surface area contributed by atoms with Crippen LogP contribution in [0.25, 0.3) is 5.57 Å². The molecule has 36 heavy (non-hydrogen) atoms. The van der Waals surface area contributed by atoms with Crippen LogP contribution in [0.1, 0.15) is 35.7 Å². The lowest BCUT2D eigenvalue weighted by Gasteiger charge is -2.38. The molecule has 0 saturated carbocycles. The molecule has 2 amide bonds. The summed E-state index contributed by atoms with van der Waals surface area (Å²) in [5, 5.41) is 11.1. The minimum absolute atomic E-state index is 0.120. The minimum atomic E-state index is -0.905. The van der Waals surface area contributed by atoms with Crippen LogP contribution in [-0.2, 0) is 14.3 Å². The van der Waals surface area contributed by atoms with Gasteiger partial charge in [0.05, 0.1) is 35.4 Å². The maximum atomic E-state index is 14.0. The molecule has 5 atom stereocenters. The molecule has 3 saturated heterocycles. The van der Waals surface area contributed by atoms with E-state index in [1.165, 1.54) is 29.2 Å². The van der Waals surface area contributed by atoms with Crippen molar-refractivity contribution >= 4 is 34.5 Å². The van der Waals surface area contributed by atoms with Gasteiger partial charge in [-0.2, -0.15) is 0 Å². The van der Waals surface area contributed by atoms with Crippen molar-refractivity contribution in [3.8, 4) is 0 Å². The fraction of sp³-hybridized carbons (Fsp3) is 0.370. The largest absolute Gasteiger partial charge is 0.376 e. The van der Waals surface area contributed by atoms with Gasteiger partial charge in [-0.3, -0.25) is 29.4 Å². The molecule has 4 aliphatic heterocycles. The second-order valence-corrected chi connectivity index (χ2v) is 9.85. The van der Waals surface area contributed by atoms with Crippen LogP contribution in [0.3, 0.4) is 0 Å². The smallest absolute Gasteiger partial charge is 0.269 e. The van der Waals surface area contributed by atoms with Crippen molar-refractivity contribution in [1.82, 2.24) is 4.90 Å². The Balaban J connectivity index is 1.44. The number of nitrogens with zero attached hydrogens (tertiary/aromatic N) is 3. The van der Waals surface area contributed by atoms with Crippen LogP contribution in [0.5, 0.6) is 0 Å². The van der Waals surface area contributed by atoms with E-state index in [1.54, 1.807) is 0 Å². The van der Waals surface area contributed by atoms with Crippen LogP contribution in [0.2, 0.25) is 0 Å². The average molecular weight is 488 g/mol. The molecule has 4 heterocycles. The predicted molar refractivity (Wildman–Crippen MR) is 130 cm³/mol. The van der Waals surface area contributed by atoms with Gasteiger partial charge in [0.2, 0.25) is 11.8 Å². The zero-order chi connectivity index (χ0) is 25.1. The quantitative estimate of drug-likeness (QED) is 0.276. The van der Waals surface area contributed by atoms with Gasteiger partial charge in [-0.1, -0.05) is 24.3 Å². The third-order valence-electron chi connectivity index (χ3n) is 7.89. The van der Waals surface area contributed by atoms with Crippen molar-refractivity contribution in [3.63, 3.8) is 0 Å². The first-order valence-corrected chi connectivity index (χ1v) is 12.2. The Morgan fingerprint density at radius 1 is 1.08 bits per heavy atom. The number of nitro benzene ring substituents is 1. The van der Waals surface area contributed by atoms with Crippen molar-refractivity contribution in [2.24, 2.45) is 11.8 Å². The van der Waals surface area contributed by atoms with Gasteiger partial charge in [-0.25, -0.2) is 0 Å². The minimum Gasteiger partial charge on any atom is -0.376 e. The number of rotatable bonds is 5. The first kappa shape index (κ1) is 22.6. The molecule has 0 spiro atoms. The summed E-state index contributed by atoms with van der Waals surface area (Å²) in [7, 11) is 0. The Labute approximate surface area is 207 Å². The first-order chi connectivity index (χ1) is 17.4. The van der Waals surface area contributed by atoms with Gasteiger partial charge >= 0.3 is 0 Å². The van der Waals surface area contributed by atoms with Crippen LogP contribution >= 0.6 is 0 Å². The number of ketones is 1. The molecule has 0 bridgehead atoms. The number of amides is 2. The lowest BCUT2D eigenvalue weighted by molar-refractivity contribution is -0.384. The molecule has 6 rings (SSSR count). The third-order valence-corrected chi connectivity index (χ3v) is 7.89. The Kier molecular flexibility index (Phi) is 5.26. The Hall–Kier alpha value is -3.85. The monoisotopic (exact) mass is 487 g/mol. The highest BCUT2D eigenvalue weighted by Crippen LogP contribution is 2.50. The summed E-state index contributed by atoms with van der Waals surface area (Å²) in [6.07, 6.45) is 3.49. The molecule has 0 aliphatic carbocycles. The molecule has 9 nitrogen and oxygen atoms in total. The van der Waals surface area contributed by atoms with Crippen LogP contribution < -0.4 is 4.90 Å². The number of non-ortho nitro benzene ring substituents is 1. The molecule has 2 aromatic rings. The lowest BCUT2D eigenvalue weighted by Crippen LogP contribution is -2.49. The maximum absolute atomic E-state index is 14.0. The fourth-order valence-electron chi connectivity index (χ4n) is 6.25. The molecule has 4 aliphatic rings. The summed E-state index contributed by atoms with van der Waals surface area (Å²) in [5.74, 6) is -2.47. The van der Waals surface area contributed by atoms with Gasteiger partial charge < -0.3 is 9.64 Å². The molecule has 3 fully saturated rings. The molecular formula is C27H25N3O6. The van der Waals surface area contributed by atoms with Gasteiger partial charge in [-0.15, -0.1) is 0 Å². The molecule has 9 heteroatoms. The van der Waals surface area contributed by atoms with Crippen molar-refractivity contribution in [3.05, 3.63) is 75.8 Å². The molecule has 0 N–H and O–H groups in total. The van der Waals surface area contributed by atoms with Crippen molar-refractivity contribution in [1.29, 1.82) is 0 Å². The third kappa shape index (κ3) is 3.30. The van der Waals surface area contributed by atoms with Gasteiger partial charge in [-0.05, 0) is 43.5 Å². The zero-order valence-corrected chi connectivity index (χ0v) is 19.7. The maximum Gasteiger partial charge on any atom is 0.269 e. The second kappa shape index (κ2) is 8.37. The predicted octanol–water partition coefficient (Wildman–Crippen LogP) is 3.23. The van der Waals surface area contributed by atoms with Gasteiger partial charge in [0.25, 0.3) is 5.69 Å². The Morgan fingerprint density at radius 2 is 1.81 bits per heavy atom. The van der Waals surface area contributed by atoms with Crippen molar-refractivity contribution in [2.45, 2.75) is 38.0 Å². The number of carbonyl (C=O) groups is 3. The molecule has 0 unspecified atom stereocenters. The zero-order valence-electron chi connectivity index (χ0n) is 19.7. The number of benzene rings is 2. The number of allylic oxidation sites excluding steroid dienone is 1. The van der Waals surface area contributed by atoms with Crippen LogP contribution in [0.15, 0.2) is 54.6 Å². The van der Waals surface area contributed by atoms with E-state index in [2.05, 4.69) is 0 Å². The number of anilines is 1. The van der Waals surface area contributed by atoms with E-state index in [-0.39, 0.29) is 41.5 Å². The number of Topliss-reactive ketones (excluding diaryl/α,β-unsaturated/α-hetero) is 1. The molecule has 184 valence electrons. The number of likely N-dealkylation sites (tertiary alicyclic amines) is 1.